The molecular formula is C21H32N8O2. The maximum atomic E-state index is 12.3. The van der Waals surface area contributed by atoms with E-state index in [1.54, 1.807) is 29.1 Å². The molecule has 0 radical (unpaired) electrons. The number of piperidine rings is 1. The minimum atomic E-state index is -0.282. The summed E-state index contributed by atoms with van der Waals surface area (Å²) < 4.78 is 1.63. The normalized spacial score (nSPS) is 15.0. The zero-order valence-corrected chi connectivity index (χ0v) is 17.8. The van der Waals surface area contributed by atoms with Crippen molar-refractivity contribution in [3.8, 4) is 0 Å². The molecule has 0 bridgehead atoms. The van der Waals surface area contributed by atoms with Crippen LogP contribution in [0.1, 0.15) is 31.2 Å². The second-order valence-corrected chi connectivity index (χ2v) is 7.83. The minimum Gasteiger partial charge on any atom is -0.351 e. The number of nitrogens with zero attached hydrogens (tertiary/aromatic N) is 4. The Kier molecular flexibility index (Phi) is 8.51. The summed E-state index contributed by atoms with van der Waals surface area (Å²) in [6, 6.07) is 5.73. The molecule has 0 unspecified atom stereocenters. The third-order valence-electron chi connectivity index (χ3n) is 5.39. The van der Waals surface area contributed by atoms with E-state index in [1.807, 2.05) is 6.07 Å². The molecule has 3 heterocycles. The molecule has 3 rings (SSSR count). The van der Waals surface area contributed by atoms with Gasteiger partial charge in [-0.3, -0.25) is 9.36 Å². The van der Waals surface area contributed by atoms with E-state index in [-0.39, 0.29) is 18.1 Å². The second-order valence-electron chi connectivity index (χ2n) is 7.83. The summed E-state index contributed by atoms with van der Waals surface area (Å²) in [7, 11) is 0. The molecular weight excluding hydrogens is 396 g/mol. The number of pyridine rings is 1. The number of unbranched alkanes of at least 4 members (excludes halogenated alkanes) is 1. The van der Waals surface area contributed by atoms with Crippen LogP contribution in [0.15, 0.2) is 35.4 Å². The van der Waals surface area contributed by atoms with Crippen LogP contribution in [0, 0.1) is 0 Å². The van der Waals surface area contributed by atoms with Gasteiger partial charge in [0.2, 0.25) is 5.91 Å². The van der Waals surface area contributed by atoms with Crippen LogP contribution >= 0.6 is 0 Å². The lowest BCUT2D eigenvalue weighted by molar-refractivity contribution is -0.119. The predicted octanol–water partition coefficient (Wildman–Crippen LogP) is 0.160. The Morgan fingerprint density at radius 1 is 1.13 bits per heavy atom. The topological polar surface area (TPSA) is 144 Å². The van der Waals surface area contributed by atoms with Crippen LogP contribution in [-0.4, -0.2) is 57.6 Å². The molecule has 0 saturated carbocycles. The molecule has 1 aliphatic rings. The Morgan fingerprint density at radius 3 is 2.58 bits per heavy atom. The van der Waals surface area contributed by atoms with Crippen molar-refractivity contribution in [2.45, 2.75) is 44.8 Å². The van der Waals surface area contributed by atoms with Crippen molar-refractivity contribution in [1.29, 1.82) is 0 Å². The number of carbonyl (C=O) groups is 1. The second kappa shape index (κ2) is 11.5. The number of hydrogen-bond donors (Lipinski definition) is 4. The van der Waals surface area contributed by atoms with Gasteiger partial charge in [-0.15, -0.1) is 0 Å². The molecule has 1 saturated heterocycles. The maximum Gasteiger partial charge on any atom is 0.349 e. The maximum absolute atomic E-state index is 12.3. The number of aryl methyl sites for hydroxylation is 1. The van der Waals surface area contributed by atoms with Gasteiger partial charge in [-0.05, 0) is 63.0 Å². The number of nitrogens with two attached hydrogens (primary N) is 2. The fraction of sp³-hybridized carbons (Fsp3) is 0.524. The van der Waals surface area contributed by atoms with Crippen LogP contribution < -0.4 is 27.8 Å². The van der Waals surface area contributed by atoms with Gasteiger partial charge < -0.3 is 27.0 Å². The quantitative estimate of drug-likeness (QED) is 0.392. The van der Waals surface area contributed by atoms with E-state index < -0.39 is 0 Å². The van der Waals surface area contributed by atoms with Gasteiger partial charge in [-0.2, -0.15) is 4.98 Å². The highest BCUT2D eigenvalue weighted by Gasteiger charge is 2.15. The monoisotopic (exact) mass is 428 g/mol. The van der Waals surface area contributed by atoms with E-state index in [4.69, 9.17) is 11.5 Å². The molecule has 31 heavy (non-hydrogen) atoms. The van der Waals surface area contributed by atoms with Gasteiger partial charge in [0.15, 0.2) is 0 Å². The fourth-order valence-electron chi connectivity index (χ4n) is 3.47. The lowest BCUT2D eigenvalue weighted by atomic mass is 10.1. The standard InChI is InChI=1S/C21H32N8O2/c22-13-20(30)25-15-16-3-4-18(24-14-16)26-19-7-12-29(21(31)27-19)9-2-1-8-28-10-5-17(23)6-11-28/h3-4,7,12,14,17H,1-2,5-6,8-11,13,15,22-23H2,(H,25,30)(H,24,26,27,31). The van der Waals surface area contributed by atoms with Crippen molar-refractivity contribution in [1.82, 2.24) is 24.8 Å². The molecule has 168 valence electrons. The van der Waals surface area contributed by atoms with Crippen molar-refractivity contribution >= 4 is 17.5 Å². The largest absolute Gasteiger partial charge is 0.351 e. The summed E-state index contributed by atoms with van der Waals surface area (Å²) in [5.41, 5.74) is 11.8. The lowest BCUT2D eigenvalue weighted by Gasteiger charge is -2.29. The van der Waals surface area contributed by atoms with Crippen LogP contribution in [-0.2, 0) is 17.9 Å². The third kappa shape index (κ3) is 7.42. The van der Waals surface area contributed by atoms with E-state index in [2.05, 4.69) is 25.5 Å². The smallest absolute Gasteiger partial charge is 0.349 e. The van der Waals surface area contributed by atoms with Crippen molar-refractivity contribution in [2.24, 2.45) is 11.5 Å². The molecule has 0 atom stereocenters. The molecule has 2 aromatic heterocycles. The molecule has 2 aromatic rings. The Labute approximate surface area is 182 Å². The van der Waals surface area contributed by atoms with Crippen LogP contribution in [0.25, 0.3) is 0 Å². The van der Waals surface area contributed by atoms with Crippen molar-refractivity contribution in [3.63, 3.8) is 0 Å². The molecule has 1 amide bonds. The van der Waals surface area contributed by atoms with Gasteiger partial charge in [-0.1, -0.05) is 6.07 Å². The molecule has 10 nitrogen and oxygen atoms in total. The van der Waals surface area contributed by atoms with Crippen molar-refractivity contribution < 1.29 is 4.79 Å². The van der Waals surface area contributed by atoms with Gasteiger partial charge in [0.25, 0.3) is 0 Å². The summed E-state index contributed by atoms with van der Waals surface area (Å²) in [4.78, 5) is 34.3. The van der Waals surface area contributed by atoms with E-state index >= 15 is 0 Å². The molecule has 1 fully saturated rings. The summed E-state index contributed by atoms with van der Waals surface area (Å²) in [6.45, 7) is 4.16. The van der Waals surface area contributed by atoms with Gasteiger partial charge in [0, 0.05) is 31.5 Å². The van der Waals surface area contributed by atoms with Gasteiger partial charge in [-0.25, -0.2) is 9.78 Å². The first-order valence-corrected chi connectivity index (χ1v) is 10.8. The number of nitrogens with one attached hydrogen (secondary N) is 2. The van der Waals surface area contributed by atoms with E-state index in [9.17, 15) is 9.59 Å². The number of hydrogen-bond acceptors (Lipinski definition) is 8. The highest BCUT2D eigenvalue weighted by atomic mass is 16.2. The zero-order valence-electron chi connectivity index (χ0n) is 17.8. The van der Waals surface area contributed by atoms with E-state index in [1.165, 1.54) is 0 Å². The Bertz CT molecular complexity index is 891. The van der Waals surface area contributed by atoms with Crippen molar-refractivity contribution in [3.05, 3.63) is 46.6 Å². The van der Waals surface area contributed by atoms with Gasteiger partial charge in [0.05, 0.1) is 6.54 Å². The highest BCUT2D eigenvalue weighted by Crippen LogP contribution is 2.12. The number of carbonyl (C=O) groups excluding carboxylic acids is 1. The predicted molar refractivity (Wildman–Crippen MR) is 120 cm³/mol. The average Bonchev–Trinajstić information content (AvgIpc) is 2.78. The Balaban J connectivity index is 1.43. The van der Waals surface area contributed by atoms with Crippen LogP contribution in [0.5, 0.6) is 0 Å². The third-order valence-corrected chi connectivity index (χ3v) is 5.39. The zero-order chi connectivity index (χ0) is 22.1. The minimum absolute atomic E-state index is 0.0438. The number of anilines is 2. The van der Waals surface area contributed by atoms with E-state index in [0.29, 0.717) is 30.8 Å². The Morgan fingerprint density at radius 2 is 1.90 bits per heavy atom. The summed E-state index contributed by atoms with van der Waals surface area (Å²) >= 11 is 0. The average molecular weight is 429 g/mol. The number of amides is 1. The molecule has 0 spiro atoms. The summed E-state index contributed by atoms with van der Waals surface area (Å²) in [5.74, 6) is 0.797. The van der Waals surface area contributed by atoms with Gasteiger partial charge >= 0.3 is 5.69 Å². The lowest BCUT2D eigenvalue weighted by Crippen LogP contribution is -2.40. The molecule has 1 aliphatic heterocycles. The number of likely N-dealkylation sites (tertiary alicyclic amines) is 1. The van der Waals surface area contributed by atoms with Crippen LogP contribution in [0.2, 0.25) is 0 Å². The molecule has 6 N–H and O–H groups in total. The molecule has 10 heteroatoms. The van der Waals surface area contributed by atoms with E-state index in [0.717, 1.165) is 50.9 Å². The first-order valence-electron chi connectivity index (χ1n) is 10.8. The van der Waals surface area contributed by atoms with Crippen LogP contribution in [0.3, 0.4) is 0 Å². The summed E-state index contributed by atoms with van der Waals surface area (Å²) in [5, 5.41) is 5.71. The highest BCUT2D eigenvalue weighted by molar-refractivity contribution is 5.77. The number of aromatic nitrogens is 3. The SMILES string of the molecule is NCC(=O)NCc1ccc(Nc2ccn(CCCCN3CCC(N)CC3)c(=O)n2)nc1. The fourth-order valence-corrected chi connectivity index (χ4v) is 3.47. The molecule has 0 aliphatic carbocycles. The Hall–Kier alpha value is -2.82. The summed E-state index contributed by atoms with van der Waals surface area (Å²) in [6.07, 6.45) is 7.52. The van der Waals surface area contributed by atoms with Gasteiger partial charge in [0.1, 0.15) is 11.6 Å². The number of rotatable bonds is 10. The first kappa shape index (κ1) is 22.9. The molecule has 0 aromatic carbocycles. The van der Waals surface area contributed by atoms with Crippen molar-refractivity contribution in [2.75, 3.05) is 31.5 Å². The first-order chi connectivity index (χ1) is 15.0. The van der Waals surface area contributed by atoms with Crippen LogP contribution in [0.4, 0.5) is 11.6 Å².